The molecule has 156 valence electrons. The lowest BCUT2D eigenvalue weighted by Gasteiger charge is -1.93. The van der Waals surface area contributed by atoms with Gasteiger partial charge in [0, 0.05) is 0 Å². The topological polar surface area (TPSA) is 78.9 Å². The molecule has 0 radical (unpaired) electrons. The van der Waals surface area contributed by atoms with Crippen LogP contribution < -0.4 is 0 Å². The van der Waals surface area contributed by atoms with Crippen molar-refractivity contribution in [3.05, 3.63) is 36.5 Å². The van der Waals surface area contributed by atoms with Gasteiger partial charge in [-0.1, -0.05) is 57.2 Å². The molecule has 0 fully saturated rings. The minimum absolute atomic E-state index is 0.181. The molecule has 0 aliphatic rings. The van der Waals surface area contributed by atoms with Crippen LogP contribution in [-0.4, -0.2) is 39.2 Å². The van der Waals surface area contributed by atoms with Gasteiger partial charge in [-0.05, 0) is 19.3 Å². The van der Waals surface area contributed by atoms with Gasteiger partial charge in [-0.2, -0.15) is 0 Å². The van der Waals surface area contributed by atoms with Crippen molar-refractivity contribution < 1.29 is 28.6 Å². The standard InChI is InChI=1S/C8H12O4.C7H12O2.C6H12/c1-11-7(9)5-3-4-6-8(10)12-2;1-3-4-5-6-7(8)9-2;1-3-5-6-4-2/h3-4H,5-6H2,1-2H3;4-5H,3,6H2,1-2H3;5-6H,3-4H2,1-2H3/b4-3-;5-4-;6-5-. The summed E-state index contributed by atoms with van der Waals surface area (Å²) in [5.41, 5.74) is 0. The predicted molar refractivity (Wildman–Crippen MR) is 108 cm³/mol. The number of esters is 3. The Balaban J connectivity index is -0.000000340. The van der Waals surface area contributed by atoms with E-state index in [-0.39, 0.29) is 30.7 Å². The second-order valence-electron chi connectivity index (χ2n) is 4.98. The van der Waals surface area contributed by atoms with E-state index in [1.165, 1.54) is 34.2 Å². The summed E-state index contributed by atoms with van der Waals surface area (Å²) in [6.45, 7) is 6.31. The molecule has 0 atom stereocenters. The molecule has 0 rings (SSSR count). The monoisotopic (exact) mass is 384 g/mol. The molecule has 0 spiro atoms. The van der Waals surface area contributed by atoms with Gasteiger partial charge in [-0.15, -0.1) is 0 Å². The Labute approximate surface area is 164 Å². The largest absolute Gasteiger partial charge is 0.469 e. The third kappa shape index (κ3) is 31.9. The summed E-state index contributed by atoms with van der Waals surface area (Å²) >= 11 is 0. The SMILES string of the molecule is CC/C=C\CC.CC/C=C\CC(=O)OC.COC(=O)C/C=C\CC(=O)OC. The first-order chi connectivity index (χ1) is 12.9. The van der Waals surface area contributed by atoms with Gasteiger partial charge >= 0.3 is 17.9 Å². The minimum Gasteiger partial charge on any atom is -0.469 e. The highest BCUT2D eigenvalue weighted by Crippen LogP contribution is 1.91. The molecule has 0 aliphatic heterocycles. The van der Waals surface area contributed by atoms with Gasteiger partial charge in [-0.25, -0.2) is 0 Å². The molecule has 0 aliphatic carbocycles. The highest BCUT2D eigenvalue weighted by Gasteiger charge is 1.96. The fourth-order valence-electron chi connectivity index (χ4n) is 1.29. The lowest BCUT2D eigenvalue weighted by molar-refractivity contribution is -0.140. The average Bonchev–Trinajstić information content (AvgIpc) is 2.70. The molecule has 0 aromatic heterocycles. The van der Waals surface area contributed by atoms with E-state index < -0.39 is 0 Å². The van der Waals surface area contributed by atoms with Crippen molar-refractivity contribution in [3.63, 3.8) is 0 Å². The summed E-state index contributed by atoms with van der Waals surface area (Å²) in [5, 5.41) is 0. The number of carbonyl (C=O) groups is 3. The molecule has 0 saturated heterocycles. The second kappa shape index (κ2) is 25.9. The first kappa shape index (κ1) is 29.4. The van der Waals surface area contributed by atoms with Crippen molar-refractivity contribution in [1.82, 2.24) is 0 Å². The molecule has 0 unspecified atom stereocenters. The van der Waals surface area contributed by atoms with Gasteiger partial charge in [0.1, 0.15) is 0 Å². The third-order valence-corrected chi connectivity index (χ3v) is 2.74. The fourth-order valence-corrected chi connectivity index (χ4v) is 1.29. The molecule has 27 heavy (non-hydrogen) atoms. The van der Waals surface area contributed by atoms with Crippen LogP contribution >= 0.6 is 0 Å². The van der Waals surface area contributed by atoms with Gasteiger partial charge in [0.05, 0.1) is 40.6 Å². The van der Waals surface area contributed by atoms with E-state index in [1.807, 2.05) is 19.1 Å². The molecule has 0 heterocycles. The van der Waals surface area contributed by atoms with E-state index in [0.717, 1.165) is 6.42 Å². The number of carbonyl (C=O) groups excluding carboxylic acids is 3. The predicted octanol–water partition coefficient (Wildman–Crippen LogP) is 4.55. The van der Waals surface area contributed by atoms with E-state index in [4.69, 9.17) is 0 Å². The maximum Gasteiger partial charge on any atom is 0.309 e. The molecular weight excluding hydrogens is 348 g/mol. The first-order valence-corrected chi connectivity index (χ1v) is 9.08. The van der Waals surface area contributed by atoms with Crippen LogP contribution in [0, 0.1) is 0 Å². The summed E-state index contributed by atoms with van der Waals surface area (Å²) in [7, 11) is 4.02. The van der Waals surface area contributed by atoms with E-state index in [1.54, 1.807) is 12.2 Å². The fraction of sp³-hybridized carbons (Fsp3) is 0.571. The van der Waals surface area contributed by atoms with Crippen LogP contribution in [0.1, 0.15) is 59.3 Å². The Morgan fingerprint density at radius 3 is 0.963 bits per heavy atom. The Bertz CT molecular complexity index is 424. The number of hydrogen-bond donors (Lipinski definition) is 0. The molecule has 0 aromatic carbocycles. The Kier molecular flexibility index (Phi) is 28.2. The van der Waals surface area contributed by atoms with Crippen molar-refractivity contribution >= 4 is 17.9 Å². The van der Waals surface area contributed by atoms with Gasteiger partial charge in [-0.3, -0.25) is 14.4 Å². The zero-order valence-electron chi connectivity index (χ0n) is 17.7. The van der Waals surface area contributed by atoms with Crippen LogP contribution in [0.2, 0.25) is 0 Å². The zero-order valence-corrected chi connectivity index (χ0v) is 17.7. The van der Waals surface area contributed by atoms with Crippen LogP contribution in [0.4, 0.5) is 0 Å². The van der Waals surface area contributed by atoms with Crippen LogP contribution in [0.5, 0.6) is 0 Å². The average molecular weight is 385 g/mol. The highest BCUT2D eigenvalue weighted by atomic mass is 16.5. The number of ether oxygens (including phenoxy) is 3. The van der Waals surface area contributed by atoms with Crippen molar-refractivity contribution in [2.75, 3.05) is 21.3 Å². The maximum atomic E-state index is 10.5. The summed E-state index contributed by atoms with van der Waals surface area (Å²) in [6.07, 6.45) is 15.3. The molecule has 0 saturated carbocycles. The van der Waals surface area contributed by atoms with E-state index >= 15 is 0 Å². The zero-order chi connectivity index (χ0) is 21.3. The number of allylic oxidation sites excluding steroid dienone is 3. The lowest BCUT2D eigenvalue weighted by Crippen LogP contribution is -1.99. The normalized spacial score (nSPS) is 10.0. The third-order valence-electron chi connectivity index (χ3n) is 2.74. The quantitative estimate of drug-likeness (QED) is 0.330. The van der Waals surface area contributed by atoms with Crippen molar-refractivity contribution in [1.29, 1.82) is 0 Å². The van der Waals surface area contributed by atoms with Crippen molar-refractivity contribution in [3.8, 4) is 0 Å². The molecule has 0 bridgehead atoms. The summed E-state index contributed by atoms with van der Waals surface area (Å²) in [5.74, 6) is -0.827. The van der Waals surface area contributed by atoms with Gasteiger partial charge < -0.3 is 14.2 Å². The van der Waals surface area contributed by atoms with Crippen molar-refractivity contribution in [2.24, 2.45) is 0 Å². The molecule has 0 aromatic rings. The molecule has 6 heteroatoms. The summed E-state index contributed by atoms with van der Waals surface area (Å²) in [4.78, 5) is 31.5. The van der Waals surface area contributed by atoms with Gasteiger partial charge in [0.25, 0.3) is 0 Å². The maximum absolute atomic E-state index is 10.5. The van der Waals surface area contributed by atoms with Crippen molar-refractivity contribution in [2.45, 2.75) is 59.3 Å². The van der Waals surface area contributed by atoms with Crippen LogP contribution in [0.3, 0.4) is 0 Å². The minimum atomic E-state index is -0.323. The van der Waals surface area contributed by atoms with Gasteiger partial charge in [0.2, 0.25) is 0 Å². The van der Waals surface area contributed by atoms with Crippen LogP contribution in [0.25, 0.3) is 0 Å². The number of hydrogen-bond acceptors (Lipinski definition) is 6. The molecule has 6 nitrogen and oxygen atoms in total. The van der Waals surface area contributed by atoms with E-state index in [9.17, 15) is 14.4 Å². The molecular formula is C21H36O6. The molecule has 0 N–H and O–H groups in total. The Hall–Kier alpha value is -2.37. The summed E-state index contributed by atoms with van der Waals surface area (Å²) in [6, 6.07) is 0. The number of rotatable bonds is 9. The summed E-state index contributed by atoms with van der Waals surface area (Å²) < 4.78 is 13.2. The first-order valence-electron chi connectivity index (χ1n) is 9.08. The lowest BCUT2D eigenvalue weighted by atomic mass is 10.3. The smallest absolute Gasteiger partial charge is 0.309 e. The van der Waals surface area contributed by atoms with E-state index in [0.29, 0.717) is 6.42 Å². The van der Waals surface area contributed by atoms with Crippen LogP contribution in [0.15, 0.2) is 36.5 Å². The Morgan fingerprint density at radius 1 is 0.519 bits per heavy atom. The van der Waals surface area contributed by atoms with Gasteiger partial charge in [0.15, 0.2) is 0 Å². The highest BCUT2D eigenvalue weighted by molar-refractivity contribution is 5.72. The Morgan fingerprint density at radius 2 is 0.741 bits per heavy atom. The molecule has 0 amide bonds. The second-order valence-corrected chi connectivity index (χ2v) is 4.98. The van der Waals surface area contributed by atoms with Crippen LogP contribution in [-0.2, 0) is 28.6 Å². The number of methoxy groups -OCH3 is 3. The van der Waals surface area contributed by atoms with E-state index in [2.05, 4.69) is 40.2 Å².